The summed E-state index contributed by atoms with van der Waals surface area (Å²) in [7, 11) is 0. The Bertz CT molecular complexity index is 964. The van der Waals surface area contributed by atoms with Crippen molar-refractivity contribution in [1.29, 1.82) is 0 Å². The maximum Gasteiger partial charge on any atom is 0.269 e. The van der Waals surface area contributed by atoms with E-state index in [2.05, 4.69) is 17.5 Å². The van der Waals surface area contributed by atoms with E-state index < -0.39 is 0 Å². The predicted molar refractivity (Wildman–Crippen MR) is 113 cm³/mol. The van der Waals surface area contributed by atoms with E-state index in [9.17, 15) is 14.9 Å². The van der Waals surface area contributed by atoms with Crippen LogP contribution in [0.5, 0.6) is 0 Å². The molecule has 1 N–H and O–H groups in total. The Morgan fingerprint density at radius 1 is 1.17 bits per heavy atom. The van der Waals surface area contributed by atoms with Crippen LogP contribution in [0.4, 0.5) is 11.4 Å². The fourth-order valence-electron chi connectivity index (χ4n) is 4.55. The average molecular weight is 391 g/mol. The molecule has 1 heterocycles. The number of benzene rings is 2. The molecule has 0 aromatic heterocycles. The first-order valence-corrected chi connectivity index (χ1v) is 10.1. The van der Waals surface area contributed by atoms with Crippen molar-refractivity contribution in [2.45, 2.75) is 32.2 Å². The second kappa shape index (κ2) is 7.70. The minimum atomic E-state index is -0.373. The summed E-state index contributed by atoms with van der Waals surface area (Å²) in [6.07, 6.45) is 5.37. The van der Waals surface area contributed by atoms with Gasteiger partial charge in [-0.3, -0.25) is 14.9 Å². The van der Waals surface area contributed by atoms with Gasteiger partial charge in [0, 0.05) is 42.4 Å². The average Bonchev–Trinajstić information content (AvgIpc) is 3.24. The molecule has 150 valence electrons. The van der Waals surface area contributed by atoms with Crippen LogP contribution >= 0.6 is 0 Å². The molecule has 2 aromatic rings. The molecule has 29 heavy (non-hydrogen) atoms. The number of nitro benzene ring substituents is 1. The molecule has 3 atom stereocenters. The summed E-state index contributed by atoms with van der Waals surface area (Å²) >= 11 is 0. The van der Waals surface area contributed by atoms with Gasteiger partial charge in [-0.25, -0.2) is 0 Å². The summed E-state index contributed by atoms with van der Waals surface area (Å²) in [5, 5.41) is 14.6. The van der Waals surface area contributed by atoms with Gasteiger partial charge in [-0.2, -0.15) is 0 Å². The highest BCUT2D eigenvalue weighted by atomic mass is 16.6. The smallest absolute Gasteiger partial charge is 0.269 e. The van der Waals surface area contributed by atoms with Crippen molar-refractivity contribution >= 4 is 17.3 Å². The molecule has 2 aliphatic rings. The summed E-state index contributed by atoms with van der Waals surface area (Å²) in [5.74, 6) is 0.618. The van der Waals surface area contributed by atoms with Gasteiger partial charge in [-0.15, -0.1) is 0 Å². The topological polar surface area (TPSA) is 75.5 Å². The lowest BCUT2D eigenvalue weighted by atomic mass is 9.76. The number of anilines is 1. The van der Waals surface area contributed by atoms with Gasteiger partial charge in [0.2, 0.25) is 0 Å². The van der Waals surface area contributed by atoms with Gasteiger partial charge in [0.15, 0.2) is 0 Å². The number of hydrogen-bond acceptors (Lipinski definition) is 4. The molecule has 1 amide bonds. The summed E-state index contributed by atoms with van der Waals surface area (Å²) in [6.45, 7) is 5.37. The van der Waals surface area contributed by atoms with Crippen LogP contribution in [-0.4, -0.2) is 28.8 Å². The maximum absolute atomic E-state index is 12.8. The van der Waals surface area contributed by atoms with Crippen molar-refractivity contribution < 1.29 is 9.72 Å². The minimum absolute atomic E-state index is 0.0637. The third kappa shape index (κ3) is 3.39. The highest BCUT2D eigenvalue weighted by Gasteiger charge is 2.38. The number of fused-ring (bicyclic) bond motifs is 3. The first kappa shape index (κ1) is 19.2. The first-order chi connectivity index (χ1) is 14.0. The van der Waals surface area contributed by atoms with Crippen LogP contribution < -0.4 is 5.32 Å². The van der Waals surface area contributed by atoms with Gasteiger partial charge in [-0.1, -0.05) is 24.3 Å². The Labute approximate surface area is 170 Å². The molecule has 2 aromatic carbocycles. The van der Waals surface area contributed by atoms with E-state index >= 15 is 0 Å². The van der Waals surface area contributed by atoms with Crippen LogP contribution in [-0.2, 0) is 0 Å². The molecule has 1 aliphatic carbocycles. The normalized spacial score (nSPS) is 21.8. The number of allylic oxidation sites excluding steroid dienone is 2. The third-order valence-corrected chi connectivity index (χ3v) is 6.12. The quantitative estimate of drug-likeness (QED) is 0.447. The van der Waals surface area contributed by atoms with E-state index in [0.717, 1.165) is 28.8 Å². The molecule has 0 saturated carbocycles. The lowest BCUT2D eigenvalue weighted by Gasteiger charge is -2.37. The Morgan fingerprint density at radius 3 is 2.55 bits per heavy atom. The van der Waals surface area contributed by atoms with Crippen LogP contribution in [0.2, 0.25) is 0 Å². The number of carbonyl (C=O) groups excluding carboxylic acids is 1. The zero-order chi connectivity index (χ0) is 20.5. The molecule has 0 spiro atoms. The minimum Gasteiger partial charge on any atom is -0.378 e. The van der Waals surface area contributed by atoms with Gasteiger partial charge in [0.05, 0.1) is 11.0 Å². The van der Waals surface area contributed by atoms with Gasteiger partial charge in [0.25, 0.3) is 11.6 Å². The number of nitrogens with zero attached hydrogens (tertiary/aromatic N) is 2. The third-order valence-electron chi connectivity index (χ3n) is 6.12. The van der Waals surface area contributed by atoms with Crippen molar-refractivity contribution in [1.82, 2.24) is 4.90 Å². The van der Waals surface area contributed by atoms with E-state index in [1.807, 2.05) is 49.1 Å². The Hall–Kier alpha value is -3.15. The van der Waals surface area contributed by atoms with Crippen LogP contribution in [0.1, 0.15) is 53.7 Å². The summed E-state index contributed by atoms with van der Waals surface area (Å²) in [5.41, 5.74) is 4.05. The molecule has 1 aliphatic heterocycles. The zero-order valence-electron chi connectivity index (χ0n) is 16.7. The van der Waals surface area contributed by atoms with Crippen molar-refractivity contribution in [2.24, 2.45) is 5.92 Å². The molecule has 4 rings (SSSR count). The number of nitrogens with one attached hydrogen (secondary N) is 1. The molecule has 0 radical (unpaired) electrons. The van der Waals surface area contributed by atoms with E-state index in [-0.39, 0.29) is 28.5 Å². The van der Waals surface area contributed by atoms with E-state index in [4.69, 9.17) is 0 Å². The second-order valence-electron chi connectivity index (χ2n) is 7.60. The summed E-state index contributed by atoms with van der Waals surface area (Å²) in [4.78, 5) is 25.2. The van der Waals surface area contributed by atoms with Gasteiger partial charge < -0.3 is 10.2 Å². The molecule has 6 nitrogen and oxygen atoms in total. The molecule has 3 unspecified atom stereocenters. The standard InChI is InChI=1S/C23H25N3O3/c1-3-25(4-2)23(27)16-10-13-21-20(14-16)18-6-5-7-19(18)22(24-21)15-8-11-17(12-9-15)26(28)29/h5-6,8-14,18-19,22,24H,3-4,7H2,1-2H3. The number of nitro groups is 1. The van der Waals surface area contributed by atoms with Crippen LogP contribution in [0.25, 0.3) is 0 Å². The van der Waals surface area contributed by atoms with Gasteiger partial charge >= 0.3 is 0 Å². The Balaban J connectivity index is 1.67. The van der Waals surface area contributed by atoms with Gasteiger partial charge in [-0.05, 0) is 55.5 Å². The predicted octanol–water partition coefficient (Wildman–Crippen LogP) is 4.90. The molecule has 6 heteroatoms. The number of rotatable bonds is 5. The van der Waals surface area contributed by atoms with E-state index in [1.165, 1.54) is 0 Å². The van der Waals surface area contributed by atoms with Crippen LogP contribution in [0.3, 0.4) is 0 Å². The number of amides is 1. The zero-order valence-corrected chi connectivity index (χ0v) is 16.7. The van der Waals surface area contributed by atoms with E-state index in [1.54, 1.807) is 12.1 Å². The monoisotopic (exact) mass is 391 g/mol. The second-order valence-corrected chi connectivity index (χ2v) is 7.60. The fourth-order valence-corrected chi connectivity index (χ4v) is 4.55. The van der Waals surface area contributed by atoms with Crippen molar-refractivity contribution in [3.63, 3.8) is 0 Å². The molecule has 0 fully saturated rings. The molecule has 0 saturated heterocycles. The Morgan fingerprint density at radius 2 is 1.90 bits per heavy atom. The first-order valence-electron chi connectivity index (χ1n) is 10.1. The lowest BCUT2D eigenvalue weighted by Crippen LogP contribution is -2.32. The van der Waals surface area contributed by atoms with Crippen molar-refractivity contribution in [2.75, 3.05) is 18.4 Å². The number of hydrogen-bond donors (Lipinski definition) is 1. The largest absolute Gasteiger partial charge is 0.378 e. The Kier molecular flexibility index (Phi) is 5.09. The molecule has 0 bridgehead atoms. The van der Waals surface area contributed by atoms with Gasteiger partial charge in [0.1, 0.15) is 0 Å². The van der Waals surface area contributed by atoms with Crippen LogP contribution in [0, 0.1) is 16.0 Å². The summed E-state index contributed by atoms with van der Waals surface area (Å²) in [6, 6.07) is 12.8. The highest BCUT2D eigenvalue weighted by molar-refractivity contribution is 5.95. The van der Waals surface area contributed by atoms with Crippen molar-refractivity contribution in [3.05, 3.63) is 81.4 Å². The van der Waals surface area contributed by atoms with Crippen LogP contribution in [0.15, 0.2) is 54.6 Å². The van der Waals surface area contributed by atoms with E-state index in [0.29, 0.717) is 19.0 Å². The molecular formula is C23H25N3O3. The number of non-ortho nitro benzene ring substituents is 1. The summed E-state index contributed by atoms with van der Waals surface area (Å²) < 4.78 is 0. The highest BCUT2D eigenvalue weighted by Crippen LogP contribution is 2.50. The fraction of sp³-hybridized carbons (Fsp3) is 0.348. The SMILES string of the molecule is CCN(CC)C(=O)c1ccc2c(c1)C1C=CCC1C(c1ccc([N+](=O)[O-])cc1)N2. The van der Waals surface area contributed by atoms with Crippen molar-refractivity contribution in [3.8, 4) is 0 Å². The number of carbonyl (C=O) groups is 1. The molecular weight excluding hydrogens is 366 g/mol. The lowest BCUT2D eigenvalue weighted by molar-refractivity contribution is -0.384. The maximum atomic E-state index is 12.8.